The third kappa shape index (κ3) is 2.46. The highest BCUT2D eigenvalue weighted by atomic mass is 16.3. The van der Waals surface area contributed by atoms with Crippen molar-refractivity contribution in [3.8, 4) is 0 Å². The Kier molecular flexibility index (Phi) is 3.84. The molecule has 1 aliphatic carbocycles. The molecule has 0 fully saturated rings. The van der Waals surface area contributed by atoms with Crippen LogP contribution in [-0.4, -0.2) is 16.7 Å². The number of hydrogen-bond acceptors (Lipinski definition) is 3. The Bertz CT molecular complexity index is 567. The molecule has 0 aliphatic heterocycles. The maximum atomic E-state index is 12.0. The summed E-state index contributed by atoms with van der Waals surface area (Å²) < 4.78 is 0. The molecule has 0 amide bonds. The number of aliphatic hydroxyl groups excluding tert-OH is 1. The second-order valence-corrected chi connectivity index (χ2v) is 4.97. The summed E-state index contributed by atoms with van der Waals surface area (Å²) in [6.45, 7) is 3.62. The molecule has 100 valence electrons. The van der Waals surface area contributed by atoms with Crippen LogP contribution in [0.1, 0.15) is 59.4 Å². The summed E-state index contributed by atoms with van der Waals surface area (Å²) >= 11 is 0. The average Bonchev–Trinajstić information content (AvgIpc) is 2.43. The van der Waals surface area contributed by atoms with Gasteiger partial charge in [0.15, 0.2) is 11.5 Å². The van der Waals surface area contributed by atoms with Gasteiger partial charge in [-0.3, -0.25) is 9.59 Å². The van der Waals surface area contributed by atoms with E-state index in [9.17, 15) is 14.7 Å². The van der Waals surface area contributed by atoms with E-state index in [2.05, 4.69) is 6.92 Å². The van der Waals surface area contributed by atoms with Crippen molar-refractivity contribution < 1.29 is 14.7 Å². The van der Waals surface area contributed by atoms with Gasteiger partial charge >= 0.3 is 0 Å². The number of benzene rings is 1. The molecule has 0 unspecified atom stereocenters. The number of hydrogen-bond donors (Lipinski definition) is 1. The van der Waals surface area contributed by atoms with E-state index < -0.39 is 11.5 Å². The van der Waals surface area contributed by atoms with Crippen molar-refractivity contribution in [2.45, 2.75) is 39.5 Å². The summed E-state index contributed by atoms with van der Waals surface area (Å²) in [5.41, 5.74) is 1.92. The van der Waals surface area contributed by atoms with Gasteiger partial charge in [0.2, 0.25) is 5.78 Å². The van der Waals surface area contributed by atoms with E-state index >= 15 is 0 Å². The van der Waals surface area contributed by atoms with E-state index in [1.807, 2.05) is 6.07 Å². The van der Waals surface area contributed by atoms with Crippen LogP contribution in [0.2, 0.25) is 0 Å². The van der Waals surface area contributed by atoms with Crippen molar-refractivity contribution >= 4 is 11.6 Å². The summed E-state index contributed by atoms with van der Waals surface area (Å²) in [7, 11) is 0. The Balaban J connectivity index is 2.33. The smallest absolute Gasteiger partial charge is 0.228 e. The van der Waals surface area contributed by atoms with Crippen molar-refractivity contribution in [2.75, 3.05) is 0 Å². The first-order chi connectivity index (χ1) is 9.06. The van der Waals surface area contributed by atoms with Crippen molar-refractivity contribution in [3.63, 3.8) is 0 Å². The van der Waals surface area contributed by atoms with E-state index in [-0.39, 0.29) is 11.4 Å². The molecule has 0 spiro atoms. The highest BCUT2D eigenvalue weighted by Crippen LogP contribution is 2.26. The third-order valence-corrected chi connectivity index (χ3v) is 3.55. The summed E-state index contributed by atoms with van der Waals surface area (Å²) in [5.74, 6) is -1.11. The summed E-state index contributed by atoms with van der Waals surface area (Å²) in [6, 6.07) is 5.34. The SMILES string of the molecule is CCCCCc1ccc2c(c1)C(=O)C(O)=C(C)C2=O. The van der Waals surface area contributed by atoms with Gasteiger partial charge in [-0.2, -0.15) is 0 Å². The number of carbonyl (C=O) groups is 2. The van der Waals surface area contributed by atoms with Gasteiger partial charge in [0.1, 0.15) is 0 Å². The molecule has 0 aromatic heterocycles. The predicted octanol–water partition coefficient (Wildman–Crippen LogP) is 3.63. The van der Waals surface area contributed by atoms with Gasteiger partial charge in [0.05, 0.1) is 0 Å². The van der Waals surface area contributed by atoms with E-state index in [0.29, 0.717) is 11.1 Å². The minimum Gasteiger partial charge on any atom is -0.504 e. The minimum absolute atomic E-state index is 0.135. The topological polar surface area (TPSA) is 54.4 Å². The first-order valence-corrected chi connectivity index (χ1v) is 6.68. The van der Waals surface area contributed by atoms with Crippen LogP contribution in [0.25, 0.3) is 0 Å². The lowest BCUT2D eigenvalue weighted by Crippen LogP contribution is -2.21. The van der Waals surface area contributed by atoms with Crippen molar-refractivity contribution in [3.05, 3.63) is 46.2 Å². The van der Waals surface area contributed by atoms with Crippen LogP contribution in [0.3, 0.4) is 0 Å². The van der Waals surface area contributed by atoms with Crippen LogP contribution < -0.4 is 0 Å². The maximum absolute atomic E-state index is 12.0. The lowest BCUT2D eigenvalue weighted by Gasteiger charge is -2.16. The zero-order valence-electron chi connectivity index (χ0n) is 11.3. The summed E-state index contributed by atoms with van der Waals surface area (Å²) in [4.78, 5) is 24.0. The molecule has 3 nitrogen and oxygen atoms in total. The number of Topliss-reactive ketones (excluding diaryl/α,β-unsaturated/α-hetero) is 2. The number of aliphatic hydroxyl groups is 1. The number of allylic oxidation sites excluding steroid dienone is 2. The third-order valence-electron chi connectivity index (χ3n) is 3.55. The Morgan fingerprint density at radius 1 is 1.05 bits per heavy atom. The fourth-order valence-corrected chi connectivity index (χ4v) is 2.32. The lowest BCUT2D eigenvalue weighted by atomic mass is 9.87. The molecule has 1 aromatic carbocycles. The molecule has 0 saturated heterocycles. The number of rotatable bonds is 4. The molecule has 0 heterocycles. The largest absolute Gasteiger partial charge is 0.504 e. The predicted molar refractivity (Wildman–Crippen MR) is 73.7 cm³/mol. The van der Waals surface area contributed by atoms with Gasteiger partial charge in [-0.15, -0.1) is 0 Å². The van der Waals surface area contributed by atoms with Crippen LogP contribution in [0.4, 0.5) is 0 Å². The van der Waals surface area contributed by atoms with Gasteiger partial charge in [0, 0.05) is 16.7 Å². The molecule has 1 N–H and O–H groups in total. The van der Waals surface area contributed by atoms with Gasteiger partial charge in [0.25, 0.3) is 0 Å². The van der Waals surface area contributed by atoms with E-state index in [0.717, 1.165) is 31.2 Å². The molecule has 0 radical (unpaired) electrons. The van der Waals surface area contributed by atoms with Gasteiger partial charge in [-0.1, -0.05) is 31.9 Å². The van der Waals surface area contributed by atoms with Crippen molar-refractivity contribution in [2.24, 2.45) is 0 Å². The number of carbonyl (C=O) groups excluding carboxylic acids is 2. The molecule has 0 saturated carbocycles. The van der Waals surface area contributed by atoms with Crippen LogP contribution in [0.15, 0.2) is 29.5 Å². The lowest BCUT2D eigenvalue weighted by molar-refractivity contribution is 0.0929. The van der Waals surface area contributed by atoms with Gasteiger partial charge in [-0.05, 0) is 31.4 Å². The number of ketones is 2. The van der Waals surface area contributed by atoms with Gasteiger partial charge in [-0.25, -0.2) is 0 Å². The molecular weight excluding hydrogens is 240 g/mol. The molecule has 19 heavy (non-hydrogen) atoms. The van der Waals surface area contributed by atoms with Crippen LogP contribution >= 0.6 is 0 Å². The van der Waals surface area contributed by atoms with Crippen LogP contribution in [-0.2, 0) is 6.42 Å². The average molecular weight is 258 g/mol. The molecule has 1 aromatic rings. The Morgan fingerprint density at radius 3 is 2.47 bits per heavy atom. The second-order valence-electron chi connectivity index (χ2n) is 4.97. The zero-order chi connectivity index (χ0) is 14.0. The van der Waals surface area contributed by atoms with E-state index in [1.165, 1.54) is 6.92 Å². The van der Waals surface area contributed by atoms with Gasteiger partial charge < -0.3 is 5.11 Å². The highest BCUT2D eigenvalue weighted by molar-refractivity contribution is 6.25. The van der Waals surface area contributed by atoms with Crippen LogP contribution in [0.5, 0.6) is 0 Å². The first-order valence-electron chi connectivity index (χ1n) is 6.68. The second kappa shape index (κ2) is 5.39. The minimum atomic E-state index is -0.440. The molecule has 0 bridgehead atoms. The molecule has 2 rings (SSSR count). The molecule has 0 atom stereocenters. The number of aryl methyl sites for hydroxylation is 1. The summed E-state index contributed by atoms with van der Waals surface area (Å²) in [5, 5.41) is 9.68. The molecule has 3 heteroatoms. The molecule has 1 aliphatic rings. The Morgan fingerprint density at radius 2 is 1.79 bits per heavy atom. The van der Waals surface area contributed by atoms with Crippen molar-refractivity contribution in [1.82, 2.24) is 0 Å². The van der Waals surface area contributed by atoms with Crippen LogP contribution in [0, 0.1) is 0 Å². The maximum Gasteiger partial charge on any atom is 0.228 e. The Labute approximate surface area is 113 Å². The first kappa shape index (κ1) is 13.5. The van der Waals surface area contributed by atoms with Crippen molar-refractivity contribution in [1.29, 1.82) is 0 Å². The normalized spacial score (nSPS) is 14.8. The number of unbranched alkanes of at least 4 members (excludes halogenated alkanes) is 2. The fraction of sp³-hybridized carbons (Fsp3) is 0.375. The van der Waals surface area contributed by atoms with E-state index in [4.69, 9.17) is 0 Å². The quantitative estimate of drug-likeness (QED) is 0.839. The number of fused-ring (bicyclic) bond motifs is 1. The Hall–Kier alpha value is -1.90. The zero-order valence-corrected chi connectivity index (χ0v) is 11.3. The fourth-order valence-electron chi connectivity index (χ4n) is 2.32. The highest BCUT2D eigenvalue weighted by Gasteiger charge is 2.29. The monoisotopic (exact) mass is 258 g/mol. The summed E-state index contributed by atoms with van der Waals surface area (Å²) in [6.07, 6.45) is 4.25. The van der Waals surface area contributed by atoms with E-state index in [1.54, 1.807) is 12.1 Å². The standard InChI is InChI=1S/C16H18O3/c1-3-4-5-6-11-7-8-12-13(9-11)16(19)15(18)10(2)14(12)17/h7-9,18H,3-6H2,1-2H3. The molecular formula is C16H18O3.